The molecule has 0 spiro atoms. The number of aryl methyl sites for hydroxylation is 2. The molecule has 0 fully saturated rings. The van der Waals surface area contributed by atoms with Crippen molar-refractivity contribution in [3.63, 3.8) is 0 Å². The number of furan rings is 1. The van der Waals surface area contributed by atoms with E-state index >= 15 is 0 Å². The highest BCUT2D eigenvalue weighted by Gasteiger charge is 2.37. The molecule has 5 heteroatoms. The molecule has 1 atom stereocenters. The van der Waals surface area contributed by atoms with Crippen LogP contribution in [0.4, 0.5) is 16.2 Å². The van der Waals surface area contributed by atoms with Gasteiger partial charge in [-0.1, -0.05) is 41.6 Å². The van der Waals surface area contributed by atoms with Crippen LogP contribution in [-0.2, 0) is 0 Å². The molecule has 25 heavy (non-hydrogen) atoms. The van der Waals surface area contributed by atoms with Crippen LogP contribution in [0.2, 0.25) is 0 Å². The second-order valence-electron chi connectivity index (χ2n) is 6.07. The highest BCUT2D eigenvalue weighted by atomic mass is 32.2. The van der Waals surface area contributed by atoms with E-state index in [9.17, 15) is 4.79 Å². The second-order valence-corrected chi connectivity index (χ2v) is 7.19. The van der Waals surface area contributed by atoms with Crippen LogP contribution in [0.25, 0.3) is 0 Å². The Morgan fingerprint density at radius 1 is 1.12 bits per heavy atom. The molecule has 1 aromatic heterocycles. The Bertz CT molecular complexity index is 921. The number of para-hydroxylation sites is 1. The zero-order chi connectivity index (χ0) is 17.4. The number of carbonyl (C=O) groups excluding carboxylic acids is 1. The number of hydrogen-bond acceptors (Lipinski definition) is 3. The monoisotopic (exact) mass is 350 g/mol. The fraction of sp³-hybridized carbons (Fsp3) is 0.150. The van der Waals surface area contributed by atoms with Crippen LogP contribution in [0.15, 0.2) is 70.2 Å². The minimum absolute atomic E-state index is 0.161. The Morgan fingerprint density at radius 3 is 2.72 bits per heavy atom. The number of urea groups is 1. The number of thioether (sulfide) groups is 1. The third-order valence-electron chi connectivity index (χ3n) is 4.23. The van der Waals surface area contributed by atoms with Crippen molar-refractivity contribution in [2.24, 2.45) is 0 Å². The van der Waals surface area contributed by atoms with E-state index in [0.29, 0.717) is 0 Å². The van der Waals surface area contributed by atoms with E-state index in [-0.39, 0.29) is 11.4 Å². The molecule has 3 aromatic rings. The number of nitrogens with one attached hydrogen (secondary N) is 1. The predicted octanol–water partition coefficient (Wildman–Crippen LogP) is 5.74. The van der Waals surface area contributed by atoms with Crippen LogP contribution in [0.5, 0.6) is 0 Å². The summed E-state index contributed by atoms with van der Waals surface area (Å²) in [6, 6.07) is 17.5. The molecule has 2 amide bonds. The van der Waals surface area contributed by atoms with Crippen molar-refractivity contribution in [3.8, 4) is 0 Å². The first-order valence-corrected chi connectivity index (χ1v) is 8.98. The maximum atomic E-state index is 13.1. The molecule has 2 aromatic carbocycles. The van der Waals surface area contributed by atoms with E-state index in [0.717, 1.165) is 27.6 Å². The summed E-state index contributed by atoms with van der Waals surface area (Å²) >= 11 is 1.62. The van der Waals surface area contributed by atoms with Gasteiger partial charge in [-0.3, -0.25) is 4.90 Å². The van der Waals surface area contributed by atoms with Gasteiger partial charge in [-0.2, -0.15) is 0 Å². The van der Waals surface area contributed by atoms with Gasteiger partial charge in [0.25, 0.3) is 0 Å². The van der Waals surface area contributed by atoms with Gasteiger partial charge in [0.05, 0.1) is 12.0 Å². The molecule has 4 rings (SSSR count). The van der Waals surface area contributed by atoms with Crippen LogP contribution < -0.4 is 10.2 Å². The van der Waals surface area contributed by atoms with Crippen LogP contribution >= 0.6 is 11.8 Å². The molecule has 0 radical (unpaired) electrons. The first kappa shape index (κ1) is 15.8. The van der Waals surface area contributed by atoms with Gasteiger partial charge in [0, 0.05) is 10.6 Å². The highest BCUT2D eigenvalue weighted by molar-refractivity contribution is 8.00. The lowest BCUT2D eigenvalue weighted by Crippen LogP contribution is -2.34. The fourth-order valence-corrected chi connectivity index (χ4v) is 4.27. The lowest BCUT2D eigenvalue weighted by Gasteiger charge is -2.24. The maximum Gasteiger partial charge on any atom is 0.327 e. The van der Waals surface area contributed by atoms with E-state index in [1.54, 1.807) is 22.9 Å². The largest absolute Gasteiger partial charge is 0.466 e. The van der Waals surface area contributed by atoms with Crippen molar-refractivity contribution in [2.75, 3.05) is 10.2 Å². The number of fused-ring (bicyclic) bond motifs is 1. The van der Waals surface area contributed by atoms with Gasteiger partial charge in [0.15, 0.2) is 0 Å². The lowest BCUT2D eigenvalue weighted by atomic mass is 10.1. The molecule has 1 aliphatic heterocycles. The Labute approximate surface area is 150 Å². The Hall–Kier alpha value is -2.66. The molecular formula is C20H18N2O2S. The highest BCUT2D eigenvalue weighted by Crippen LogP contribution is 2.51. The average Bonchev–Trinajstić information content (AvgIpc) is 3.24. The Kier molecular flexibility index (Phi) is 4.01. The van der Waals surface area contributed by atoms with Crippen LogP contribution in [-0.4, -0.2) is 6.03 Å². The van der Waals surface area contributed by atoms with E-state index in [4.69, 9.17) is 4.42 Å². The number of rotatable bonds is 2. The lowest BCUT2D eigenvalue weighted by molar-refractivity contribution is 0.256. The van der Waals surface area contributed by atoms with Crippen LogP contribution in [0.3, 0.4) is 0 Å². The van der Waals surface area contributed by atoms with E-state index in [1.807, 2.05) is 62.4 Å². The average molecular weight is 350 g/mol. The first-order valence-electron chi connectivity index (χ1n) is 8.10. The van der Waals surface area contributed by atoms with Crippen molar-refractivity contribution < 1.29 is 9.21 Å². The van der Waals surface area contributed by atoms with Crippen molar-refractivity contribution in [2.45, 2.75) is 24.1 Å². The summed E-state index contributed by atoms with van der Waals surface area (Å²) in [4.78, 5) is 15.9. The number of benzene rings is 2. The number of carbonyl (C=O) groups is 1. The summed E-state index contributed by atoms with van der Waals surface area (Å²) in [6.07, 6.45) is 1.64. The van der Waals surface area contributed by atoms with Crippen molar-refractivity contribution in [1.29, 1.82) is 0 Å². The molecule has 4 nitrogen and oxygen atoms in total. The van der Waals surface area contributed by atoms with Gasteiger partial charge in [-0.05, 0) is 49.7 Å². The SMILES string of the molecule is Cc1ccc(NC(=O)N2c3ccccc3S[C@@H]2c2ccco2)c(C)c1. The van der Waals surface area contributed by atoms with Crippen LogP contribution in [0, 0.1) is 13.8 Å². The summed E-state index contributed by atoms with van der Waals surface area (Å²) in [6.45, 7) is 4.04. The quantitative estimate of drug-likeness (QED) is 0.641. The molecule has 126 valence electrons. The van der Waals surface area contributed by atoms with E-state index < -0.39 is 0 Å². The zero-order valence-electron chi connectivity index (χ0n) is 14.0. The minimum atomic E-state index is -0.210. The van der Waals surface area contributed by atoms with E-state index in [2.05, 4.69) is 11.4 Å². The number of amides is 2. The minimum Gasteiger partial charge on any atom is -0.466 e. The molecular weight excluding hydrogens is 332 g/mol. The van der Waals surface area contributed by atoms with Gasteiger partial charge in [0.2, 0.25) is 0 Å². The standard InChI is InChI=1S/C20H18N2O2S/c1-13-9-10-15(14(2)12-13)21-20(23)22-16-6-3-4-8-18(16)25-19(22)17-7-5-11-24-17/h3-12,19H,1-2H3,(H,21,23)/t19-/m1/s1. The fourth-order valence-electron chi connectivity index (χ4n) is 3.02. The molecule has 2 heterocycles. The van der Waals surface area contributed by atoms with Crippen molar-refractivity contribution >= 4 is 29.2 Å². The third kappa shape index (κ3) is 2.91. The first-order chi connectivity index (χ1) is 12.1. The van der Waals surface area contributed by atoms with Crippen molar-refractivity contribution in [3.05, 3.63) is 77.7 Å². The molecule has 1 N–H and O–H groups in total. The smallest absolute Gasteiger partial charge is 0.327 e. The van der Waals surface area contributed by atoms with Crippen LogP contribution in [0.1, 0.15) is 22.3 Å². The normalized spacial score (nSPS) is 15.9. The van der Waals surface area contributed by atoms with Gasteiger partial charge in [-0.25, -0.2) is 4.79 Å². The van der Waals surface area contributed by atoms with E-state index in [1.165, 1.54) is 5.56 Å². The summed E-state index contributed by atoms with van der Waals surface area (Å²) in [5.41, 5.74) is 3.94. The predicted molar refractivity (Wildman–Crippen MR) is 101 cm³/mol. The molecule has 0 saturated heterocycles. The molecule has 0 bridgehead atoms. The molecule has 0 saturated carbocycles. The summed E-state index contributed by atoms with van der Waals surface area (Å²) in [7, 11) is 0. The Morgan fingerprint density at radius 2 is 1.96 bits per heavy atom. The summed E-state index contributed by atoms with van der Waals surface area (Å²) < 4.78 is 5.58. The number of nitrogens with zero attached hydrogens (tertiary/aromatic N) is 1. The molecule has 1 aliphatic rings. The topological polar surface area (TPSA) is 45.5 Å². The van der Waals surface area contributed by atoms with Gasteiger partial charge in [-0.15, -0.1) is 0 Å². The maximum absolute atomic E-state index is 13.1. The van der Waals surface area contributed by atoms with Gasteiger partial charge < -0.3 is 9.73 Å². The third-order valence-corrected chi connectivity index (χ3v) is 5.49. The summed E-state index contributed by atoms with van der Waals surface area (Å²) in [5.74, 6) is 0.761. The number of anilines is 2. The second kappa shape index (κ2) is 6.33. The zero-order valence-corrected chi connectivity index (χ0v) is 14.8. The molecule has 0 aliphatic carbocycles. The van der Waals surface area contributed by atoms with Gasteiger partial charge >= 0.3 is 6.03 Å². The summed E-state index contributed by atoms with van der Waals surface area (Å²) in [5, 5.41) is 2.83. The van der Waals surface area contributed by atoms with Gasteiger partial charge in [0.1, 0.15) is 11.1 Å². The Balaban J connectivity index is 1.68. The van der Waals surface area contributed by atoms with Crippen molar-refractivity contribution in [1.82, 2.24) is 0 Å². The molecule has 0 unspecified atom stereocenters. The number of hydrogen-bond donors (Lipinski definition) is 1.